The van der Waals surface area contributed by atoms with Crippen molar-refractivity contribution in [2.24, 2.45) is 11.7 Å². The van der Waals surface area contributed by atoms with E-state index in [0.29, 0.717) is 18.0 Å². The van der Waals surface area contributed by atoms with Gasteiger partial charge in [0.15, 0.2) is 0 Å². The van der Waals surface area contributed by atoms with Gasteiger partial charge >= 0.3 is 0 Å². The second-order valence-corrected chi connectivity index (χ2v) is 3.95. The number of amides is 1. The summed E-state index contributed by atoms with van der Waals surface area (Å²) >= 11 is 0. The highest BCUT2D eigenvalue weighted by atomic mass is 35.5. The lowest BCUT2D eigenvalue weighted by atomic mass is 10.2. The van der Waals surface area contributed by atoms with Crippen LogP contribution in [-0.4, -0.2) is 23.5 Å². The molecule has 0 radical (unpaired) electrons. The van der Waals surface area contributed by atoms with E-state index in [-0.39, 0.29) is 36.8 Å². The number of hydrogen-bond acceptors (Lipinski definition) is 3. The monoisotopic (exact) mass is 277 g/mol. The second-order valence-electron chi connectivity index (χ2n) is 3.95. The summed E-state index contributed by atoms with van der Waals surface area (Å²) in [5.41, 5.74) is 6.51. The molecule has 17 heavy (non-hydrogen) atoms. The summed E-state index contributed by atoms with van der Waals surface area (Å²) in [6, 6.07) is 3.49. The van der Waals surface area contributed by atoms with Crippen LogP contribution in [0.2, 0.25) is 0 Å². The number of nitrogens with one attached hydrogen (secondary N) is 1. The van der Waals surface area contributed by atoms with Crippen molar-refractivity contribution in [2.45, 2.75) is 18.9 Å². The molecule has 0 saturated heterocycles. The molecule has 0 aromatic carbocycles. The predicted molar refractivity (Wildman–Crippen MR) is 71.8 cm³/mol. The summed E-state index contributed by atoms with van der Waals surface area (Å²) in [5.74, 6) is 0.538. The number of aromatic nitrogens is 1. The summed E-state index contributed by atoms with van der Waals surface area (Å²) in [6.07, 6.45) is 5.62. The molecule has 0 spiro atoms. The van der Waals surface area contributed by atoms with Gasteiger partial charge in [0.05, 0.1) is 0 Å². The first kappa shape index (κ1) is 16.2. The van der Waals surface area contributed by atoms with E-state index in [1.807, 2.05) is 0 Å². The van der Waals surface area contributed by atoms with Gasteiger partial charge in [-0.3, -0.25) is 9.78 Å². The Morgan fingerprint density at radius 2 is 2.00 bits per heavy atom. The van der Waals surface area contributed by atoms with Crippen molar-refractivity contribution >= 4 is 30.7 Å². The third-order valence-electron chi connectivity index (χ3n) is 2.67. The van der Waals surface area contributed by atoms with Crippen LogP contribution in [-0.2, 0) is 0 Å². The van der Waals surface area contributed by atoms with E-state index < -0.39 is 0 Å². The largest absolute Gasteiger partial charge is 0.350 e. The van der Waals surface area contributed by atoms with E-state index in [2.05, 4.69) is 10.3 Å². The number of nitrogens with zero attached hydrogens (tertiary/aromatic N) is 1. The lowest BCUT2D eigenvalue weighted by Crippen LogP contribution is -2.38. The molecule has 1 saturated carbocycles. The number of carbonyl (C=O) groups is 1. The first-order valence-corrected chi connectivity index (χ1v) is 5.21. The average Bonchev–Trinajstić information content (AvgIpc) is 3.10. The Morgan fingerprint density at radius 3 is 2.53 bits per heavy atom. The van der Waals surface area contributed by atoms with Gasteiger partial charge in [-0.2, -0.15) is 0 Å². The average molecular weight is 278 g/mol. The van der Waals surface area contributed by atoms with Gasteiger partial charge in [0.2, 0.25) is 0 Å². The Kier molecular flexibility index (Phi) is 7.11. The van der Waals surface area contributed by atoms with E-state index >= 15 is 0 Å². The molecule has 0 bridgehead atoms. The molecule has 4 nitrogen and oxygen atoms in total. The fourth-order valence-electron chi connectivity index (χ4n) is 1.51. The van der Waals surface area contributed by atoms with Gasteiger partial charge in [0.1, 0.15) is 0 Å². The molecular formula is C11H17Cl2N3O. The van der Waals surface area contributed by atoms with Gasteiger partial charge in [-0.1, -0.05) is 0 Å². The summed E-state index contributed by atoms with van der Waals surface area (Å²) in [6.45, 7) is 0.561. The maximum absolute atomic E-state index is 11.6. The minimum absolute atomic E-state index is 0. The molecule has 1 aromatic rings. The van der Waals surface area contributed by atoms with E-state index in [4.69, 9.17) is 5.73 Å². The fraction of sp³-hybridized carbons (Fsp3) is 0.455. The Labute approximate surface area is 113 Å². The van der Waals surface area contributed by atoms with Crippen LogP contribution in [0.5, 0.6) is 0 Å². The summed E-state index contributed by atoms with van der Waals surface area (Å²) in [7, 11) is 0. The Hall–Kier alpha value is -0.840. The first-order valence-electron chi connectivity index (χ1n) is 5.21. The number of rotatable bonds is 4. The van der Waals surface area contributed by atoms with Crippen LogP contribution >= 0.6 is 24.8 Å². The van der Waals surface area contributed by atoms with Gasteiger partial charge < -0.3 is 11.1 Å². The molecule has 1 heterocycles. The molecule has 6 heteroatoms. The number of hydrogen-bond donors (Lipinski definition) is 2. The van der Waals surface area contributed by atoms with Crippen molar-refractivity contribution < 1.29 is 4.79 Å². The van der Waals surface area contributed by atoms with Gasteiger partial charge in [0.25, 0.3) is 5.91 Å². The van der Waals surface area contributed by atoms with Crippen LogP contribution in [0.3, 0.4) is 0 Å². The quantitative estimate of drug-likeness (QED) is 0.874. The minimum Gasteiger partial charge on any atom is -0.350 e. The molecule has 0 aliphatic heterocycles. The number of halogens is 2. The number of nitrogens with two attached hydrogens (primary N) is 1. The van der Waals surface area contributed by atoms with Crippen molar-refractivity contribution in [3.8, 4) is 0 Å². The number of carbonyl (C=O) groups excluding carboxylic acids is 1. The fourth-order valence-corrected chi connectivity index (χ4v) is 1.51. The lowest BCUT2D eigenvalue weighted by molar-refractivity contribution is 0.0950. The highest BCUT2D eigenvalue weighted by Crippen LogP contribution is 2.31. The van der Waals surface area contributed by atoms with Crippen LogP contribution in [0, 0.1) is 5.92 Å². The van der Waals surface area contributed by atoms with Crippen molar-refractivity contribution in [1.82, 2.24) is 10.3 Å². The first-order chi connectivity index (χ1) is 7.27. The predicted octanol–water partition coefficient (Wildman–Crippen LogP) is 1.39. The van der Waals surface area contributed by atoms with Crippen molar-refractivity contribution in [1.29, 1.82) is 0 Å². The van der Waals surface area contributed by atoms with Crippen molar-refractivity contribution in [2.75, 3.05) is 6.54 Å². The van der Waals surface area contributed by atoms with Gasteiger partial charge in [-0.15, -0.1) is 24.8 Å². The molecule has 1 fully saturated rings. The smallest absolute Gasteiger partial charge is 0.251 e. The van der Waals surface area contributed by atoms with E-state index in [1.165, 1.54) is 12.8 Å². The summed E-state index contributed by atoms with van der Waals surface area (Å²) < 4.78 is 0. The minimum atomic E-state index is -0.0755. The Morgan fingerprint density at radius 1 is 1.41 bits per heavy atom. The van der Waals surface area contributed by atoms with Crippen LogP contribution in [0.4, 0.5) is 0 Å². The zero-order chi connectivity index (χ0) is 10.7. The maximum Gasteiger partial charge on any atom is 0.251 e. The molecule has 1 aromatic heterocycles. The van der Waals surface area contributed by atoms with Gasteiger partial charge in [0, 0.05) is 30.5 Å². The zero-order valence-corrected chi connectivity index (χ0v) is 11.0. The zero-order valence-electron chi connectivity index (χ0n) is 9.33. The lowest BCUT2D eigenvalue weighted by Gasteiger charge is -2.11. The van der Waals surface area contributed by atoms with E-state index in [9.17, 15) is 4.79 Å². The van der Waals surface area contributed by atoms with Crippen LogP contribution in [0.15, 0.2) is 24.5 Å². The molecule has 1 unspecified atom stereocenters. The maximum atomic E-state index is 11.6. The third-order valence-corrected chi connectivity index (χ3v) is 2.67. The van der Waals surface area contributed by atoms with Crippen LogP contribution in [0.1, 0.15) is 23.2 Å². The van der Waals surface area contributed by atoms with Crippen LogP contribution in [0.25, 0.3) is 0 Å². The topological polar surface area (TPSA) is 68.0 Å². The molecule has 2 rings (SSSR count). The Balaban J connectivity index is 0.00000128. The van der Waals surface area contributed by atoms with Gasteiger partial charge in [-0.25, -0.2) is 0 Å². The Bertz CT molecular complexity index is 344. The summed E-state index contributed by atoms with van der Waals surface area (Å²) in [5, 5.41) is 2.83. The molecule has 1 aliphatic rings. The molecule has 1 aliphatic carbocycles. The highest BCUT2D eigenvalue weighted by molar-refractivity contribution is 5.93. The molecule has 96 valence electrons. The SMILES string of the molecule is Cl.Cl.NC(CNC(=O)c1ccncc1)C1CC1. The molecular weight excluding hydrogens is 261 g/mol. The molecule has 1 amide bonds. The summed E-state index contributed by atoms with van der Waals surface area (Å²) in [4.78, 5) is 15.5. The van der Waals surface area contributed by atoms with Crippen molar-refractivity contribution in [3.63, 3.8) is 0 Å². The number of pyridine rings is 1. The molecule has 3 N–H and O–H groups in total. The van der Waals surface area contributed by atoms with Gasteiger partial charge in [-0.05, 0) is 30.9 Å². The van der Waals surface area contributed by atoms with E-state index in [0.717, 1.165) is 0 Å². The highest BCUT2D eigenvalue weighted by Gasteiger charge is 2.28. The third kappa shape index (κ3) is 4.89. The standard InChI is InChI=1S/C11H15N3O.2ClH/c12-10(8-1-2-8)7-14-11(15)9-3-5-13-6-4-9;;/h3-6,8,10H,1-2,7,12H2,(H,14,15);2*1H. The van der Waals surface area contributed by atoms with Crippen LogP contribution < -0.4 is 11.1 Å². The molecule has 1 atom stereocenters. The second kappa shape index (κ2) is 7.48. The van der Waals surface area contributed by atoms with Crippen molar-refractivity contribution in [3.05, 3.63) is 30.1 Å². The normalized spacial score (nSPS) is 15.1. The van der Waals surface area contributed by atoms with E-state index in [1.54, 1.807) is 24.5 Å².